The van der Waals surface area contributed by atoms with Crippen LogP contribution in [0.25, 0.3) is 32.7 Å². The van der Waals surface area contributed by atoms with Gasteiger partial charge in [0.1, 0.15) is 10.6 Å². The van der Waals surface area contributed by atoms with E-state index < -0.39 is 21.4 Å². The second-order valence-corrected chi connectivity index (χ2v) is 13.8. The molecule has 2 aromatic carbocycles. The first-order valence-electron chi connectivity index (χ1n) is 14.0. The highest BCUT2D eigenvalue weighted by Gasteiger charge is 2.39. The summed E-state index contributed by atoms with van der Waals surface area (Å²) in [4.78, 5) is 11.7. The van der Waals surface area contributed by atoms with E-state index in [4.69, 9.17) is 0 Å². The number of halogens is 1. The van der Waals surface area contributed by atoms with Crippen LogP contribution in [-0.4, -0.2) is 53.6 Å². The summed E-state index contributed by atoms with van der Waals surface area (Å²) < 4.78 is 45.2. The van der Waals surface area contributed by atoms with Crippen LogP contribution >= 0.6 is 11.3 Å². The molecule has 1 aliphatic heterocycles. The van der Waals surface area contributed by atoms with E-state index in [1.54, 1.807) is 36.5 Å². The molecule has 8 nitrogen and oxygen atoms in total. The van der Waals surface area contributed by atoms with E-state index >= 15 is 4.39 Å². The van der Waals surface area contributed by atoms with Crippen molar-refractivity contribution < 1.29 is 17.9 Å². The first kappa shape index (κ1) is 27.2. The van der Waals surface area contributed by atoms with E-state index in [2.05, 4.69) is 20.2 Å². The van der Waals surface area contributed by atoms with Gasteiger partial charge in [0, 0.05) is 49.0 Å². The summed E-state index contributed by atoms with van der Waals surface area (Å²) in [7, 11) is -4.11. The van der Waals surface area contributed by atoms with Gasteiger partial charge in [-0.3, -0.25) is 0 Å². The van der Waals surface area contributed by atoms with Crippen LogP contribution in [0.5, 0.6) is 0 Å². The number of aryl methyl sites for hydroxylation is 1. The third kappa shape index (κ3) is 4.51. The van der Waals surface area contributed by atoms with Gasteiger partial charge >= 0.3 is 0 Å². The monoisotopic (exact) mass is 603 g/mol. The van der Waals surface area contributed by atoms with Gasteiger partial charge in [0.25, 0.3) is 10.0 Å². The van der Waals surface area contributed by atoms with Crippen molar-refractivity contribution in [3.63, 3.8) is 0 Å². The SMILES string of the molecule is Cc1ccc(S(=O)(=O)n2c(-c3ccc(N4CCNCC4)cc3)cc3c(-c4cnc(C5(O)CCC5)s4)c(F)cnc32)cc1. The quantitative estimate of drug-likeness (QED) is 0.272. The van der Waals surface area contributed by atoms with Crippen molar-refractivity contribution >= 4 is 38.1 Å². The maximum atomic E-state index is 15.6. The summed E-state index contributed by atoms with van der Waals surface area (Å²) in [6, 6.07) is 16.1. The molecule has 2 aliphatic rings. The zero-order chi connectivity index (χ0) is 29.1. The molecule has 0 spiro atoms. The highest BCUT2D eigenvalue weighted by molar-refractivity contribution is 7.90. The molecule has 1 saturated carbocycles. The fourth-order valence-electron chi connectivity index (χ4n) is 5.71. The van der Waals surface area contributed by atoms with Gasteiger partial charge in [-0.25, -0.2) is 26.7 Å². The van der Waals surface area contributed by atoms with Gasteiger partial charge in [0.2, 0.25) is 0 Å². The molecular formula is C31H30FN5O3S2. The van der Waals surface area contributed by atoms with Crippen LogP contribution in [0.15, 0.2) is 71.9 Å². The van der Waals surface area contributed by atoms with Crippen LogP contribution in [0.3, 0.4) is 0 Å². The Morgan fingerprint density at radius 1 is 1.00 bits per heavy atom. The Hall–Kier alpha value is -3.64. The van der Waals surface area contributed by atoms with Gasteiger partial charge in [-0.1, -0.05) is 29.8 Å². The Morgan fingerprint density at radius 3 is 2.38 bits per heavy atom. The molecule has 4 heterocycles. The minimum atomic E-state index is -4.11. The molecule has 1 aliphatic carbocycles. The molecule has 0 unspecified atom stereocenters. The van der Waals surface area contributed by atoms with Crippen molar-refractivity contribution in [2.45, 2.75) is 36.7 Å². The van der Waals surface area contributed by atoms with Crippen molar-refractivity contribution in [2.24, 2.45) is 0 Å². The molecule has 0 atom stereocenters. The van der Waals surface area contributed by atoms with Crippen LogP contribution in [-0.2, 0) is 15.6 Å². The number of nitrogens with zero attached hydrogens (tertiary/aromatic N) is 4. The number of nitrogens with one attached hydrogen (secondary N) is 1. The highest BCUT2D eigenvalue weighted by atomic mass is 32.2. The molecule has 3 aromatic heterocycles. The summed E-state index contributed by atoms with van der Waals surface area (Å²) in [5.74, 6) is -0.580. The maximum absolute atomic E-state index is 15.6. The third-order valence-electron chi connectivity index (χ3n) is 8.28. The molecule has 5 aromatic rings. The van der Waals surface area contributed by atoms with Gasteiger partial charge in [-0.05, 0) is 62.1 Å². The Balaban J connectivity index is 1.42. The number of piperazine rings is 1. The van der Waals surface area contributed by atoms with Gasteiger partial charge in [-0.2, -0.15) is 0 Å². The van der Waals surface area contributed by atoms with Crippen molar-refractivity contribution in [1.29, 1.82) is 0 Å². The lowest BCUT2D eigenvalue weighted by Gasteiger charge is -2.34. The third-order valence-corrected chi connectivity index (χ3v) is 11.2. The van der Waals surface area contributed by atoms with Crippen molar-refractivity contribution in [3.05, 3.63) is 83.4 Å². The number of pyridine rings is 1. The molecule has 2 fully saturated rings. The zero-order valence-electron chi connectivity index (χ0n) is 23.0. The van der Waals surface area contributed by atoms with Crippen molar-refractivity contribution in [1.82, 2.24) is 19.3 Å². The molecule has 216 valence electrons. The largest absolute Gasteiger partial charge is 0.383 e. The molecule has 2 N–H and O–H groups in total. The molecule has 0 radical (unpaired) electrons. The van der Waals surface area contributed by atoms with Gasteiger partial charge in [0.05, 0.1) is 21.7 Å². The molecule has 0 bridgehead atoms. The lowest BCUT2D eigenvalue weighted by molar-refractivity contribution is -0.0389. The number of rotatable bonds is 6. The molecule has 42 heavy (non-hydrogen) atoms. The predicted molar refractivity (Wildman–Crippen MR) is 163 cm³/mol. The molecule has 0 amide bonds. The number of aromatic nitrogens is 3. The van der Waals surface area contributed by atoms with Crippen LogP contribution in [0.1, 0.15) is 29.8 Å². The number of hydrogen-bond donors (Lipinski definition) is 2. The number of thiazole rings is 1. The van der Waals surface area contributed by atoms with Gasteiger partial charge < -0.3 is 15.3 Å². The first-order valence-corrected chi connectivity index (χ1v) is 16.3. The second kappa shape index (κ2) is 10.3. The van der Waals surface area contributed by atoms with E-state index in [0.717, 1.165) is 50.0 Å². The lowest BCUT2D eigenvalue weighted by Crippen LogP contribution is -2.43. The van der Waals surface area contributed by atoms with Crippen LogP contribution in [0.2, 0.25) is 0 Å². The van der Waals surface area contributed by atoms with Crippen molar-refractivity contribution in [2.75, 3.05) is 31.1 Å². The van der Waals surface area contributed by atoms with E-state index in [-0.39, 0.29) is 16.1 Å². The number of anilines is 1. The average Bonchev–Trinajstić information content (AvgIpc) is 3.63. The normalized spacial score (nSPS) is 17.0. The zero-order valence-corrected chi connectivity index (χ0v) is 24.7. The number of hydrogen-bond acceptors (Lipinski definition) is 8. The van der Waals surface area contributed by atoms with E-state index in [0.29, 0.717) is 39.4 Å². The predicted octanol–water partition coefficient (Wildman–Crippen LogP) is 5.29. The fraction of sp³-hybridized carbons (Fsp3) is 0.290. The first-order chi connectivity index (χ1) is 20.2. The standard InChI is InChI=1S/C31H30FN5O3S2/c1-20-3-9-23(10-4-20)42(39,40)37-26(21-5-7-22(8-6-21)36-15-13-33-14-16-36)17-24-28(25(32)18-34-29(24)37)27-19-35-30(41-27)31(38)11-2-12-31/h3-10,17-19,33,38H,2,11-16H2,1H3. The Morgan fingerprint density at radius 2 is 1.71 bits per heavy atom. The average molecular weight is 604 g/mol. The van der Waals surface area contributed by atoms with Crippen molar-refractivity contribution in [3.8, 4) is 21.7 Å². The van der Waals surface area contributed by atoms with Gasteiger partial charge in [0.15, 0.2) is 11.5 Å². The molecule has 1 saturated heterocycles. The summed E-state index contributed by atoms with van der Waals surface area (Å²) >= 11 is 1.23. The summed E-state index contributed by atoms with van der Waals surface area (Å²) in [5.41, 5.74) is 2.42. The minimum absolute atomic E-state index is 0.115. The topological polar surface area (TPSA) is 100 Å². The van der Waals surface area contributed by atoms with E-state index in [1.165, 1.54) is 15.3 Å². The Kier molecular flexibility index (Phi) is 6.65. The highest BCUT2D eigenvalue weighted by Crippen LogP contribution is 2.46. The molecule has 11 heteroatoms. The summed E-state index contributed by atoms with van der Waals surface area (Å²) in [6.07, 6.45) is 4.77. The Bertz CT molecular complexity index is 1890. The van der Waals surface area contributed by atoms with Crippen LogP contribution < -0.4 is 10.2 Å². The lowest BCUT2D eigenvalue weighted by atomic mass is 9.81. The van der Waals surface area contributed by atoms with E-state index in [1.807, 2.05) is 31.2 Å². The van der Waals surface area contributed by atoms with Crippen LogP contribution in [0.4, 0.5) is 10.1 Å². The second-order valence-electron chi connectivity index (χ2n) is 11.0. The van der Waals surface area contributed by atoms with Crippen LogP contribution in [0, 0.1) is 12.7 Å². The van der Waals surface area contributed by atoms with E-state index in [9.17, 15) is 13.5 Å². The number of fused-ring (bicyclic) bond motifs is 1. The fourth-order valence-corrected chi connectivity index (χ4v) is 8.31. The summed E-state index contributed by atoms with van der Waals surface area (Å²) in [6.45, 7) is 5.48. The van der Waals surface area contributed by atoms with Gasteiger partial charge in [-0.15, -0.1) is 11.3 Å². The maximum Gasteiger partial charge on any atom is 0.269 e. The smallest absolute Gasteiger partial charge is 0.269 e. The minimum Gasteiger partial charge on any atom is -0.383 e. The number of aliphatic hydroxyl groups is 1. The summed E-state index contributed by atoms with van der Waals surface area (Å²) in [5, 5.41) is 15.1. The Labute approximate surface area is 247 Å². The number of benzene rings is 2. The molecule has 7 rings (SSSR count). The molecular weight excluding hydrogens is 574 g/mol.